The van der Waals surface area contributed by atoms with Crippen LogP contribution in [0, 0.1) is 11.7 Å². The van der Waals surface area contributed by atoms with Crippen LogP contribution in [0.3, 0.4) is 0 Å². The number of guanidine groups is 1. The minimum atomic E-state index is -0.210. The van der Waals surface area contributed by atoms with Crippen LogP contribution in [-0.4, -0.2) is 19.6 Å². The van der Waals surface area contributed by atoms with Crippen LogP contribution in [0.25, 0.3) is 0 Å². The molecule has 0 spiro atoms. The van der Waals surface area contributed by atoms with Crippen molar-refractivity contribution in [1.29, 1.82) is 0 Å². The van der Waals surface area contributed by atoms with Gasteiger partial charge in [0.2, 0.25) is 0 Å². The average Bonchev–Trinajstić information content (AvgIpc) is 2.35. The topological polar surface area (TPSA) is 36.4 Å². The van der Waals surface area contributed by atoms with Crippen LogP contribution in [0.15, 0.2) is 29.3 Å². The molecule has 1 rings (SSSR count). The lowest BCUT2D eigenvalue weighted by Crippen LogP contribution is -2.37. The van der Waals surface area contributed by atoms with E-state index in [1.54, 1.807) is 19.2 Å². The van der Waals surface area contributed by atoms with E-state index >= 15 is 0 Å². The van der Waals surface area contributed by atoms with E-state index in [1.165, 1.54) is 12.1 Å². The van der Waals surface area contributed by atoms with Gasteiger partial charge in [-0.05, 0) is 30.0 Å². The normalized spacial score (nSPS) is 11.7. The second-order valence-electron chi connectivity index (χ2n) is 4.66. The van der Waals surface area contributed by atoms with E-state index in [0.29, 0.717) is 12.5 Å². The number of benzene rings is 1. The van der Waals surface area contributed by atoms with E-state index in [-0.39, 0.29) is 5.82 Å². The molecule has 0 saturated heterocycles. The fourth-order valence-electron chi connectivity index (χ4n) is 1.49. The lowest BCUT2D eigenvalue weighted by molar-refractivity contribution is 0.573. The maximum Gasteiger partial charge on any atom is 0.191 e. The Morgan fingerprint density at radius 2 is 1.89 bits per heavy atom. The van der Waals surface area contributed by atoms with Crippen LogP contribution >= 0.6 is 0 Å². The number of rotatable bonds is 5. The van der Waals surface area contributed by atoms with Crippen molar-refractivity contribution >= 4 is 5.96 Å². The van der Waals surface area contributed by atoms with Crippen LogP contribution in [0.2, 0.25) is 0 Å². The SMILES string of the molecule is CN=C(NCCC(C)C)NCc1ccc(F)cc1. The van der Waals surface area contributed by atoms with Gasteiger partial charge in [-0.15, -0.1) is 0 Å². The zero-order chi connectivity index (χ0) is 13.4. The molecule has 0 aromatic heterocycles. The summed E-state index contributed by atoms with van der Waals surface area (Å²) in [5.41, 5.74) is 1.03. The fourth-order valence-corrected chi connectivity index (χ4v) is 1.49. The largest absolute Gasteiger partial charge is 0.356 e. The zero-order valence-corrected chi connectivity index (χ0v) is 11.3. The van der Waals surface area contributed by atoms with E-state index < -0.39 is 0 Å². The predicted octanol–water partition coefficient (Wildman–Crippen LogP) is 2.54. The van der Waals surface area contributed by atoms with Gasteiger partial charge in [-0.25, -0.2) is 4.39 Å². The van der Waals surface area contributed by atoms with Crippen molar-refractivity contribution in [3.8, 4) is 0 Å². The summed E-state index contributed by atoms with van der Waals surface area (Å²) in [5.74, 6) is 1.24. The van der Waals surface area contributed by atoms with Gasteiger partial charge < -0.3 is 10.6 Å². The molecular weight excluding hydrogens is 229 g/mol. The first-order valence-electron chi connectivity index (χ1n) is 6.30. The number of nitrogens with zero attached hydrogens (tertiary/aromatic N) is 1. The van der Waals surface area contributed by atoms with Crippen LogP contribution < -0.4 is 10.6 Å². The predicted molar refractivity (Wildman–Crippen MR) is 74.1 cm³/mol. The second-order valence-corrected chi connectivity index (χ2v) is 4.66. The van der Waals surface area contributed by atoms with Gasteiger partial charge in [0.1, 0.15) is 5.82 Å². The smallest absolute Gasteiger partial charge is 0.191 e. The Bertz CT molecular complexity index is 371. The van der Waals surface area contributed by atoms with Crippen molar-refractivity contribution in [3.63, 3.8) is 0 Å². The number of halogens is 1. The molecule has 0 aliphatic heterocycles. The summed E-state index contributed by atoms with van der Waals surface area (Å²) in [5, 5.41) is 6.44. The van der Waals surface area contributed by atoms with E-state index in [4.69, 9.17) is 0 Å². The Labute approximate surface area is 109 Å². The van der Waals surface area contributed by atoms with Crippen molar-refractivity contribution in [2.45, 2.75) is 26.8 Å². The molecule has 3 nitrogen and oxygen atoms in total. The Balaban J connectivity index is 2.33. The third kappa shape index (κ3) is 5.66. The average molecular weight is 251 g/mol. The molecule has 0 fully saturated rings. The maximum absolute atomic E-state index is 12.7. The second kappa shape index (κ2) is 7.69. The van der Waals surface area contributed by atoms with Gasteiger partial charge >= 0.3 is 0 Å². The van der Waals surface area contributed by atoms with Gasteiger partial charge in [-0.2, -0.15) is 0 Å². The van der Waals surface area contributed by atoms with Gasteiger partial charge in [0.05, 0.1) is 0 Å². The number of hydrogen-bond acceptors (Lipinski definition) is 1. The third-order valence-corrected chi connectivity index (χ3v) is 2.61. The quantitative estimate of drug-likeness (QED) is 0.623. The highest BCUT2D eigenvalue weighted by atomic mass is 19.1. The molecule has 0 aliphatic rings. The van der Waals surface area contributed by atoms with Crippen LogP contribution in [0.5, 0.6) is 0 Å². The molecule has 2 N–H and O–H groups in total. The molecule has 0 unspecified atom stereocenters. The van der Waals surface area contributed by atoms with Crippen molar-refractivity contribution in [2.75, 3.05) is 13.6 Å². The van der Waals surface area contributed by atoms with Crippen molar-refractivity contribution in [2.24, 2.45) is 10.9 Å². The Morgan fingerprint density at radius 3 is 2.44 bits per heavy atom. The number of hydrogen-bond donors (Lipinski definition) is 2. The van der Waals surface area contributed by atoms with E-state index in [9.17, 15) is 4.39 Å². The maximum atomic E-state index is 12.7. The highest BCUT2D eigenvalue weighted by molar-refractivity contribution is 5.79. The molecule has 0 radical (unpaired) electrons. The number of aliphatic imine (C=N–C) groups is 1. The lowest BCUT2D eigenvalue weighted by atomic mass is 10.1. The van der Waals surface area contributed by atoms with Crippen LogP contribution in [0.1, 0.15) is 25.8 Å². The highest BCUT2D eigenvalue weighted by Crippen LogP contribution is 2.02. The van der Waals surface area contributed by atoms with Crippen LogP contribution in [0.4, 0.5) is 4.39 Å². The lowest BCUT2D eigenvalue weighted by Gasteiger charge is -2.12. The molecule has 18 heavy (non-hydrogen) atoms. The Kier molecular flexibility index (Phi) is 6.19. The fraction of sp³-hybridized carbons (Fsp3) is 0.500. The molecule has 0 aliphatic carbocycles. The molecule has 0 bridgehead atoms. The summed E-state index contributed by atoms with van der Waals surface area (Å²) in [6.07, 6.45) is 1.11. The Hall–Kier alpha value is -1.58. The molecule has 1 aromatic carbocycles. The minimum Gasteiger partial charge on any atom is -0.356 e. The van der Waals surface area contributed by atoms with E-state index in [1.807, 2.05) is 0 Å². The van der Waals surface area contributed by atoms with Crippen molar-refractivity contribution < 1.29 is 4.39 Å². The Morgan fingerprint density at radius 1 is 1.22 bits per heavy atom. The molecule has 0 atom stereocenters. The van der Waals surface area contributed by atoms with Crippen molar-refractivity contribution in [3.05, 3.63) is 35.6 Å². The summed E-state index contributed by atoms with van der Waals surface area (Å²) < 4.78 is 12.7. The minimum absolute atomic E-state index is 0.210. The van der Waals surface area contributed by atoms with Gasteiger partial charge in [0, 0.05) is 20.1 Å². The monoisotopic (exact) mass is 251 g/mol. The van der Waals surface area contributed by atoms with E-state index in [2.05, 4.69) is 29.5 Å². The molecular formula is C14H22FN3. The third-order valence-electron chi connectivity index (χ3n) is 2.61. The van der Waals surface area contributed by atoms with Crippen LogP contribution in [-0.2, 0) is 6.54 Å². The molecule has 100 valence electrons. The number of nitrogens with one attached hydrogen (secondary N) is 2. The van der Waals surface area contributed by atoms with E-state index in [0.717, 1.165) is 24.5 Å². The molecule has 0 heterocycles. The van der Waals surface area contributed by atoms with Gasteiger partial charge in [0.15, 0.2) is 5.96 Å². The van der Waals surface area contributed by atoms with Gasteiger partial charge in [-0.3, -0.25) is 4.99 Å². The standard InChI is InChI=1S/C14H22FN3/c1-11(2)8-9-17-14(16-3)18-10-12-4-6-13(15)7-5-12/h4-7,11H,8-10H2,1-3H3,(H2,16,17,18). The first kappa shape index (κ1) is 14.5. The van der Waals surface area contributed by atoms with Crippen molar-refractivity contribution in [1.82, 2.24) is 10.6 Å². The summed E-state index contributed by atoms with van der Waals surface area (Å²) in [6.45, 7) is 5.93. The molecule has 0 saturated carbocycles. The van der Waals surface area contributed by atoms with Gasteiger partial charge in [-0.1, -0.05) is 26.0 Å². The molecule has 1 aromatic rings. The molecule has 0 amide bonds. The first-order valence-corrected chi connectivity index (χ1v) is 6.30. The van der Waals surface area contributed by atoms with Gasteiger partial charge in [0.25, 0.3) is 0 Å². The highest BCUT2D eigenvalue weighted by Gasteiger charge is 1.99. The zero-order valence-electron chi connectivity index (χ0n) is 11.3. The first-order chi connectivity index (χ1) is 8.61. The summed E-state index contributed by atoms with van der Waals surface area (Å²) in [6, 6.07) is 6.46. The summed E-state index contributed by atoms with van der Waals surface area (Å²) in [7, 11) is 1.75. The summed E-state index contributed by atoms with van der Waals surface area (Å²) >= 11 is 0. The summed E-state index contributed by atoms with van der Waals surface area (Å²) in [4.78, 5) is 4.14. The molecule has 4 heteroatoms.